The van der Waals surface area contributed by atoms with Crippen molar-refractivity contribution < 1.29 is 0 Å². The summed E-state index contributed by atoms with van der Waals surface area (Å²) in [5, 5.41) is 2.98. The first-order chi connectivity index (χ1) is 6.45. The molecule has 62 valence electrons. The molecule has 13 heavy (non-hydrogen) atoms. The predicted octanol–water partition coefficient (Wildman–Crippen LogP) is 2.39. The molecule has 0 unspecified atom stereocenters. The summed E-state index contributed by atoms with van der Waals surface area (Å²) in [6.45, 7) is 0. The Labute approximate surface area is 78.1 Å². The highest BCUT2D eigenvalue weighted by molar-refractivity contribution is 5.37. The maximum atomic E-state index is 3.28. The van der Waals surface area contributed by atoms with Crippen molar-refractivity contribution in [2.45, 2.75) is 0 Å². The summed E-state index contributed by atoms with van der Waals surface area (Å²) < 4.78 is 0. The monoisotopic (exact) mass is 168 g/mol. The molecule has 1 heteroatoms. The molecule has 1 aliphatic rings. The Kier molecular flexibility index (Phi) is 2.22. The van der Waals surface area contributed by atoms with Gasteiger partial charge < -0.3 is 5.32 Å². The van der Waals surface area contributed by atoms with Gasteiger partial charge in [0.25, 0.3) is 0 Å². The number of benzene rings is 1. The summed E-state index contributed by atoms with van der Waals surface area (Å²) in [4.78, 5) is 0. The molecule has 0 aliphatic carbocycles. The van der Waals surface area contributed by atoms with E-state index in [9.17, 15) is 0 Å². The van der Waals surface area contributed by atoms with E-state index in [1.165, 1.54) is 0 Å². The van der Waals surface area contributed by atoms with Crippen molar-refractivity contribution in [3.63, 3.8) is 0 Å². The van der Waals surface area contributed by atoms with Crippen LogP contribution < -0.4 is 5.32 Å². The molecule has 0 saturated heterocycles. The van der Waals surface area contributed by atoms with E-state index in [1.807, 2.05) is 54.9 Å². The van der Waals surface area contributed by atoms with Crippen LogP contribution in [0, 0.1) is 6.08 Å². The van der Waals surface area contributed by atoms with Crippen LogP contribution in [0.25, 0.3) is 0 Å². The van der Waals surface area contributed by atoms with Crippen LogP contribution in [-0.4, -0.2) is 0 Å². The summed E-state index contributed by atoms with van der Waals surface area (Å²) >= 11 is 0. The highest BCUT2D eigenvalue weighted by Gasteiger charge is 2.00. The summed E-state index contributed by atoms with van der Waals surface area (Å²) in [6.07, 6.45) is 11.1. The van der Waals surface area contributed by atoms with Crippen LogP contribution >= 0.6 is 0 Å². The number of allylic oxidation sites excluding steroid dienone is 3. The molecule has 1 nitrogen and oxygen atoms in total. The molecule has 2 rings (SSSR count). The van der Waals surface area contributed by atoms with Gasteiger partial charge in [0.2, 0.25) is 0 Å². The van der Waals surface area contributed by atoms with Crippen LogP contribution in [0.2, 0.25) is 0 Å². The third-order valence-electron chi connectivity index (χ3n) is 1.78. The maximum Gasteiger partial charge on any atom is 0.125 e. The molecule has 1 aromatic carbocycles. The van der Waals surface area contributed by atoms with Crippen molar-refractivity contribution in [2.75, 3.05) is 0 Å². The molecule has 1 aliphatic heterocycles. The van der Waals surface area contributed by atoms with Crippen LogP contribution in [0.15, 0.2) is 60.5 Å². The fourth-order valence-corrected chi connectivity index (χ4v) is 1.16. The SMILES string of the molecule is [C+](=C1C=CNC=C1)c1ccccc1. The minimum Gasteiger partial charge on any atom is -0.354 e. The van der Waals surface area contributed by atoms with E-state index in [0.29, 0.717) is 0 Å². The third-order valence-corrected chi connectivity index (χ3v) is 1.78. The lowest BCUT2D eigenvalue weighted by atomic mass is 10.1. The molecule has 1 aromatic rings. The van der Waals surface area contributed by atoms with Crippen molar-refractivity contribution in [2.24, 2.45) is 0 Å². The van der Waals surface area contributed by atoms with E-state index in [0.717, 1.165) is 11.1 Å². The Balaban J connectivity index is 2.25. The molecule has 1 N–H and O–H groups in total. The Morgan fingerprint density at radius 2 is 1.62 bits per heavy atom. The lowest BCUT2D eigenvalue weighted by Gasteiger charge is -1.94. The Morgan fingerprint density at radius 1 is 0.923 bits per heavy atom. The lowest BCUT2D eigenvalue weighted by molar-refractivity contribution is 1.16. The molecule has 0 radical (unpaired) electrons. The Morgan fingerprint density at radius 3 is 2.31 bits per heavy atom. The van der Waals surface area contributed by atoms with Gasteiger partial charge in [0.05, 0.1) is 0 Å². The molecule has 0 bridgehead atoms. The van der Waals surface area contributed by atoms with E-state index < -0.39 is 0 Å². The maximum absolute atomic E-state index is 3.28. The van der Waals surface area contributed by atoms with Gasteiger partial charge in [-0.05, 0) is 18.2 Å². The molecular formula is C12H10N+. The van der Waals surface area contributed by atoms with Gasteiger partial charge in [-0.3, -0.25) is 0 Å². The fraction of sp³-hybridized carbons (Fsp3) is 0. The zero-order valence-corrected chi connectivity index (χ0v) is 7.20. The molecule has 0 amide bonds. The van der Waals surface area contributed by atoms with Crippen LogP contribution in [0.5, 0.6) is 0 Å². The smallest absolute Gasteiger partial charge is 0.125 e. The van der Waals surface area contributed by atoms with Gasteiger partial charge >= 0.3 is 0 Å². The standard InChI is InChI=1S/C12H10N/c1-2-4-11(5-3-1)10-12-6-8-13-9-7-12/h1-9,13H/q+1. The zero-order valence-electron chi connectivity index (χ0n) is 7.20. The highest BCUT2D eigenvalue weighted by atomic mass is 14.8. The van der Waals surface area contributed by atoms with E-state index in [4.69, 9.17) is 0 Å². The van der Waals surface area contributed by atoms with E-state index >= 15 is 0 Å². The summed E-state index contributed by atoms with van der Waals surface area (Å²) in [7, 11) is 0. The van der Waals surface area contributed by atoms with E-state index in [2.05, 4.69) is 11.4 Å². The second kappa shape index (κ2) is 3.70. The van der Waals surface area contributed by atoms with Crippen molar-refractivity contribution in [3.8, 4) is 0 Å². The number of hydrogen-bond acceptors (Lipinski definition) is 1. The molecule has 0 aromatic heterocycles. The quantitative estimate of drug-likeness (QED) is 0.635. The number of nitrogens with one attached hydrogen (secondary N) is 1. The van der Waals surface area contributed by atoms with Crippen LogP contribution in [-0.2, 0) is 0 Å². The summed E-state index contributed by atoms with van der Waals surface area (Å²) in [5.74, 6) is 0. The van der Waals surface area contributed by atoms with Gasteiger partial charge in [0.1, 0.15) is 11.1 Å². The van der Waals surface area contributed by atoms with Crippen LogP contribution in [0.4, 0.5) is 0 Å². The summed E-state index contributed by atoms with van der Waals surface area (Å²) in [5.41, 5.74) is 2.19. The van der Waals surface area contributed by atoms with Gasteiger partial charge in [-0.15, -0.1) is 0 Å². The van der Waals surface area contributed by atoms with Crippen LogP contribution in [0.3, 0.4) is 0 Å². The average molecular weight is 168 g/mol. The van der Waals surface area contributed by atoms with E-state index in [-0.39, 0.29) is 0 Å². The Hall–Kier alpha value is -1.85. The normalized spacial score (nSPS) is 13.7. The average Bonchev–Trinajstić information content (AvgIpc) is 2.21. The van der Waals surface area contributed by atoms with Gasteiger partial charge in [0, 0.05) is 42.8 Å². The molecule has 0 atom stereocenters. The van der Waals surface area contributed by atoms with Gasteiger partial charge in [-0.25, -0.2) is 0 Å². The number of rotatable bonds is 1. The third kappa shape index (κ3) is 2.05. The van der Waals surface area contributed by atoms with Crippen molar-refractivity contribution in [1.29, 1.82) is 0 Å². The van der Waals surface area contributed by atoms with E-state index in [1.54, 1.807) is 0 Å². The van der Waals surface area contributed by atoms with Crippen molar-refractivity contribution in [3.05, 3.63) is 72.1 Å². The van der Waals surface area contributed by atoms with Crippen molar-refractivity contribution >= 4 is 0 Å². The second-order valence-electron chi connectivity index (χ2n) is 2.78. The lowest BCUT2D eigenvalue weighted by Crippen LogP contribution is -1.96. The molecule has 0 saturated carbocycles. The Bertz CT molecular complexity index is 344. The molecule has 0 spiro atoms. The van der Waals surface area contributed by atoms with Gasteiger partial charge in [-0.2, -0.15) is 0 Å². The van der Waals surface area contributed by atoms with Crippen molar-refractivity contribution in [1.82, 2.24) is 5.32 Å². The summed E-state index contributed by atoms with van der Waals surface area (Å²) in [6, 6.07) is 10.1. The zero-order chi connectivity index (χ0) is 8.93. The first-order valence-corrected chi connectivity index (χ1v) is 4.23. The predicted molar refractivity (Wildman–Crippen MR) is 53.7 cm³/mol. The second-order valence-corrected chi connectivity index (χ2v) is 2.78. The molecule has 0 fully saturated rings. The van der Waals surface area contributed by atoms with Gasteiger partial charge in [0.15, 0.2) is 0 Å². The van der Waals surface area contributed by atoms with Gasteiger partial charge in [-0.1, -0.05) is 0 Å². The number of hydrogen-bond donors (Lipinski definition) is 1. The minimum atomic E-state index is 1.09. The first kappa shape index (κ1) is 7.78. The van der Waals surface area contributed by atoms with Crippen LogP contribution in [0.1, 0.15) is 5.56 Å². The highest BCUT2D eigenvalue weighted by Crippen LogP contribution is 2.07. The molecular weight excluding hydrogens is 158 g/mol. The minimum absolute atomic E-state index is 1.09. The first-order valence-electron chi connectivity index (χ1n) is 4.23. The largest absolute Gasteiger partial charge is 0.354 e. The fourth-order valence-electron chi connectivity index (χ4n) is 1.16. The number of dihydropyridines is 1. The topological polar surface area (TPSA) is 12.0 Å². The molecule has 1 heterocycles.